The van der Waals surface area contributed by atoms with Gasteiger partial charge in [-0.25, -0.2) is 9.18 Å². The Labute approximate surface area is 93.0 Å². The summed E-state index contributed by atoms with van der Waals surface area (Å²) in [5.74, 6) is -0.464. The number of amides is 2. The smallest absolute Gasteiger partial charge is 0.319 e. The summed E-state index contributed by atoms with van der Waals surface area (Å²) in [4.78, 5) is 11.4. The third kappa shape index (κ3) is 2.70. The van der Waals surface area contributed by atoms with Crippen LogP contribution in [0, 0.1) is 5.82 Å². The molecule has 16 heavy (non-hydrogen) atoms. The zero-order chi connectivity index (χ0) is 11.5. The maximum atomic E-state index is 13.5. The number of halogens is 1. The van der Waals surface area contributed by atoms with E-state index in [0.29, 0.717) is 5.56 Å². The lowest BCUT2D eigenvalue weighted by molar-refractivity contribution is 0.251. The molecule has 0 aromatic heterocycles. The van der Waals surface area contributed by atoms with Gasteiger partial charge in [0.2, 0.25) is 0 Å². The van der Waals surface area contributed by atoms with Crippen LogP contribution in [0.2, 0.25) is 0 Å². The molecule has 0 heterocycles. The van der Waals surface area contributed by atoms with Gasteiger partial charge >= 0.3 is 6.03 Å². The molecule has 1 fully saturated rings. The van der Waals surface area contributed by atoms with Crippen LogP contribution in [0.15, 0.2) is 18.2 Å². The zero-order valence-corrected chi connectivity index (χ0v) is 8.79. The summed E-state index contributed by atoms with van der Waals surface area (Å²) in [6.07, 6.45) is 2.00. The van der Waals surface area contributed by atoms with Crippen molar-refractivity contribution in [2.75, 3.05) is 5.32 Å². The highest BCUT2D eigenvalue weighted by atomic mass is 19.1. The Balaban J connectivity index is 1.99. The molecule has 2 rings (SSSR count). The van der Waals surface area contributed by atoms with Gasteiger partial charge in [-0.2, -0.15) is 0 Å². The van der Waals surface area contributed by atoms with E-state index in [4.69, 9.17) is 5.73 Å². The number of benzene rings is 1. The number of carbonyl (C=O) groups excluding carboxylic acids is 1. The van der Waals surface area contributed by atoms with Crippen molar-refractivity contribution in [3.63, 3.8) is 0 Å². The summed E-state index contributed by atoms with van der Waals surface area (Å²) in [5.41, 5.74) is 6.25. The first kappa shape index (κ1) is 10.9. The highest BCUT2D eigenvalue weighted by Gasteiger charge is 2.23. The standard InChI is InChI=1S/C11H14FN3O/c12-9-5-7(6-13)1-4-10(9)15-11(16)14-8-2-3-8/h1,4-5,8H,2-3,6,13H2,(H2,14,15,16). The lowest BCUT2D eigenvalue weighted by Crippen LogP contribution is -2.30. The lowest BCUT2D eigenvalue weighted by atomic mass is 10.2. The minimum atomic E-state index is -0.464. The number of nitrogens with two attached hydrogens (primary N) is 1. The molecular formula is C11H14FN3O. The molecule has 1 aliphatic rings. The predicted molar refractivity (Wildman–Crippen MR) is 59.5 cm³/mol. The van der Waals surface area contributed by atoms with Gasteiger partial charge in [-0.1, -0.05) is 6.07 Å². The molecule has 86 valence electrons. The molecule has 0 unspecified atom stereocenters. The fraction of sp³-hybridized carbons (Fsp3) is 0.364. The van der Waals surface area contributed by atoms with E-state index in [9.17, 15) is 9.18 Å². The van der Waals surface area contributed by atoms with E-state index in [0.717, 1.165) is 12.8 Å². The van der Waals surface area contributed by atoms with Crippen molar-refractivity contribution in [1.82, 2.24) is 5.32 Å². The summed E-state index contributed by atoms with van der Waals surface area (Å²) < 4.78 is 13.5. The van der Waals surface area contributed by atoms with E-state index in [-0.39, 0.29) is 24.3 Å². The molecule has 1 saturated carbocycles. The van der Waals surface area contributed by atoms with Gasteiger partial charge in [0.25, 0.3) is 0 Å². The van der Waals surface area contributed by atoms with Gasteiger partial charge < -0.3 is 16.4 Å². The van der Waals surface area contributed by atoms with Crippen LogP contribution in [-0.4, -0.2) is 12.1 Å². The summed E-state index contributed by atoms with van der Waals surface area (Å²) >= 11 is 0. The van der Waals surface area contributed by atoms with E-state index < -0.39 is 5.82 Å². The average Bonchev–Trinajstić information content (AvgIpc) is 3.05. The van der Waals surface area contributed by atoms with Crippen LogP contribution in [0.4, 0.5) is 14.9 Å². The van der Waals surface area contributed by atoms with E-state index in [1.165, 1.54) is 12.1 Å². The van der Waals surface area contributed by atoms with Crippen LogP contribution in [0.1, 0.15) is 18.4 Å². The lowest BCUT2D eigenvalue weighted by Gasteiger charge is -2.08. The van der Waals surface area contributed by atoms with Crippen LogP contribution >= 0.6 is 0 Å². The Morgan fingerprint density at radius 3 is 2.81 bits per heavy atom. The molecular weight excluding hydrogens is 209 g/mol. The number of nitrogens with one attached hydrogen (secondary N) is 2. The van der Waals surface area contributed by atoms with E-state index >= 15 is 0 Å². The zero-order valence-electron chi connectivity index (χ0n) is 8.79. The molecule has 4 nitrogen and oxygen atoms in total. The van der Waals surface area contributed by atoms with E-state index in [1.54, 1.807) is 6.07 Å². The van der Waals surface area contributed by atoms with Gasteiger partial charge in [-0.15, -0.1) is 0 Å². The monoisotopic (exact) mass is 223 g/mol. The SMILES string of the molecule is NCc1ccc(NC(=O)NC2CC2)c(F)c1. The number of urea groups is 1. The largest absolute Gasteiger partial charge is 0.335 e. The quantitative estimate of drug-likeness (QED) is 0.728. The second-order valence-corrected chi connectivity index (χ2v) is 3.89. The molecule has 0 spiro atoms. The van der Waals surface area contributed by atoms with Gasteiger partial charge in [-0.05, 0) is 30.5 Å². The van der Waals surface area contributed by atoms with Gasteiger partial charge in [0.15, 0.2) is 0 Å². The summed E-state index contributed by atoms with van der Waals surface area (Å²) in [6, 6.07) is 4.43. The Hall–Kier alpha value is -1.62. The molecule has 0 bridgehead atoms. The number of hydrogen-bond acceptors (Lipinski definition) is 2. The van der Waals surface area contributed by atoms with Gasteiger partial charge in [-0.3, -0.25) is 0 Å². The van der Waals surface area contributed by atoms with Crippen molar-refractivity contribution in [2.45, 2.75) is 25.4 Å². The third-order valence-corrected chi connectivity index (χ3v) is 2.43. The molecule has 1 aromatic carbocycles. The Morgan fingerprint density at radius 2 is 2.25 bits per heavy atom. The summed E-state index contributed by atoms with van der Waals surface area (Å²) in [5, 5.41) is 5.18. The molecule has 0 radical (unpaired) electrons. The Morgan fingerprint density at radius 1 is 1.50 bits per heavy atom. The van der Waals surface area contributed by atoms with Crippen molar-refractivity contribution in [3.8, 4) is 0 Å². The molecule has 0 aliphatic heterocycles. The molecule has 1 aromatic rings. The van der Waals surface area contributed by atoms with Crippen LogP contribution in [0.25, 0.3) is 0 Å². The van der Waals surface area contributed by atoms with Crippen molar-refractivity contribution in [1.29, 1.82) is 0 Å². The van der Waals surface area contributed by atoms with Crippen LogP contribution in [0.5, 0.6) is 0 Å². The first-order chi connectivity index (χ1) is 7.69. The number of carbonyl (C=O) groups is 1. The van der Waals surface area contributed by atoms with Gasteiger partial charge in [0.05, 0.1) is 5.69 Å². The van der Waals surface area contributed by atoms with Crippen LogP contribution in [0.3, 0.4) is 0 Å². The van der Waals surface area contributed by atoms with Gasteiger partial charge in [0.1, 0.15) is 5.82 Å². The number of rotatable bonds is 3. The van der Waals surface area contributed by atoms with Crippen molar-refractivity contribution >= 4 is 11.7 Å². The highest BCUT2D eigenvalue weighted by Crippen LogP contribution is 2.19. The predicted octanol–water partition coefficient (Wildman–Crippen LogP) is 1.57. The fourth-order valence-corrected chi connectivity index (χ4v) is 1.36. The second-order valence-electron chi connectivity index (χ2n) is 3.89. The normalized spacial score (nSPS) is 14.6. The minimum Gasteiger partial charge on any atom is -0.335 e. The Bertz CT molecular complexity index is 404. The van der Waals surface area contributed by atoms with E-state index in [2.05, 4.69) is 10.6 Å². The van der Waals surface area contributed by atoms with Crippen LogP contribution in [-0.2, 0) is 6.54 Å². The molecule has 5 heteroatoms. The van der Waals surface area contributed by atoms with Crippen LogP contribution < -0.4 is 16.4 Å². The number of anilines is 1. The van der Waals surface area contributed by atoms with Crippen molar-refractivity contribution in [2.24, 2.45) is 5.73 Å². The molecule has 0 saturated heterocycles. The summed E-state index contributed by atoms with van der Waals surface area (Å²) in [7, 11) is 0. The average molecular weight is 223 g/mol. The molecule has 0 atom stereocenters. The highest BCUT2D eigenvalue weighted by molar-refractivity contribution is 5.89. The Kier molecular flexibility index (Phi) is 3.05. The minimum absolute atomic E-state index is 0.176. The second kappa shape index (κ2) is 4.49. The maximum Gasteiger partial charge on any atom is 0.319 e. The first-order valence-electron chi connectivity index (χ1n) is 5.25. The summed E-state index contributed by atoms with van der Waals surface area (Å²) in [6.45, 7) is 0.283. The third-order valence-electron chi connectivity index (χ3n) is 2.43. The number of hydrogen-bond donors (Lipinski definition) is 3. The topological polar surface area (TPSA) is 67.1 Å². The molecule has 2 amide bonds. The maximum absolute atomic E-state index is 13.5. The van der Waals surface area contributed by atoms with Crippen molar-refractivity contribution in [3.05, 3.63) is 29.6 Å². The first-order valence-corrected chi connectivity index (χ1v) is 5.25. The van der Waals surface area contributed by atoms with E-state index in [1.807, 2.05) is 0 Å². The molecule has 4 N–H and O–H groups in total. The van der Waals surface area contributed by atoms with Crippen molar-refractivity contribution < 1.29 is 9.18 Å². The fourth-order valence-electron chi connectivity index (χ4n) is 1.36. The molecule has 1 aliphatic carbocycles. The van der Waals surface area contributed by atoms with Gasteiger partial charge in [0, 0.05) is 12.6 Å².